The number of rotatable bonds is 0. The van der Waals surface area contributed by atoms with Crippen LogP contribution in [0.1, 0.15) is 12.0 Å². The summed E-state index contributed by atoms with van der Waals surface area (Å²) in [4.78, 5) is 13.1. The summed E-state index contributed by atoms with van der Waals surface area (Å²) in [6, 6.07) is 3.50. The van der Waals surface area contributed by atoms with Crippen molar-refractivity contribution in [1.82, 2.24) is 0 Å². The van der Waals surface area contributed by atoms with Crippen molar-refractivity contribution in [2.75, 3.05) is 24.3 Å². The minimum atomic E-state index is -0.380. The molecule has 0 spiro atoms. The highest BCUT2D eigenvalue weighted by Crippen LogP contribution is 2.35. The number of anilines is 2. The lowest BCUT2D eigenvalue weighted by molar-refractivity contribution is 0.178. The van der Waals surface area contributed by atoms with Gasteiger partial charge >= 0.3 is 6.09 Å². The van der Waals surface area contributed by atoms with E-state index in [1.165, 1.54) is 7.11 Å². The molecule has 0 atom stereocenters. The molecule has 0 aromatic heterocycles. The zero-order valence-electron chi connectivity index (χ0n) is 9.00. The molecule has 86 valence electrons. The molecule has 0 unspecified atom stereocenters. The number of amides is 1. The highest BCUT2D eigenvalue weighted by Gasteiger charge is 2.25. The SMILES string of the molecule is COC(=O)N1CCCc2cc(Cl)cc(N)c21. The lowest BCUT2D eigenvalue weighted by Gasteiger charge is -2.29. The maximum atomic E-state index is 11.6. The van der Waals surface area contributed by atoms with E-state index in [4.69, 9.17) is 22.1 Å². The van der Waals surface area contributed by atoms with Crippen molar-refractivity contribution in [3.8, 4) is 0 Å². The van der Waals surface area contributed by atoms with Crippen LogP contribution in [0.15, 0.2) is 12.1 Å². The third kappa shape index (κ3) is 1.80. The number of methoxy groups -OCH3 is 1. The van der Waals surface area contributed by atoms with Gasteiger partial charge < -0.3 is 10.5 Å². The van der Waals surface area contributed by atoms with Gasteiger partial charge in [0.05, 0.1) is 18.5 Å². The molecule has 1 aliphatic rings. The number of aryl methyl sites for hydroxylation is 1. The second kappa shape index (κ2) is 4.22. The number of carbonyl (C=O) groups is 1. The van der Waals surface area contributed by atoms with Crippen molar-refractivity contribution in [3.63, 3.8) is 0 Å². The van der Waals surface area contributed by atoms with E-state index in [0.29, 0.717) is 17.3 Å². The summed E-state index contributed by atoms with van der Waals surface area (Å²) < 4.78 is 4.73. The Morgan fingerprint density at radius 3 is 3.00 bits per heavy atom. The highest BCUT2D eigenvalue weighted by atomic mass is 35.5. The van der Waals surface area contributed by atoms with Gasteiger partial charge in [-0.15, -0.1) is 0 Å². The topological polar surface area (TPSA) is 55.6 Å². The molecule has 1 heterocycles. The molecule has 1 aliphatic heterocycles. The highest BCUT2D eigenvalue weighted by molar-refractivity contribution is 6.31. The average Bonchev–Trinajstić information content (AvgIpc) is 2.26. The van der Waals surface area contributed by atoms with Crippen molar-refractivity contribution in [3.05, 3.63) is 22.7 Å². The van der Waals surface area contributed by atoms with E-state index in [0.717, 1.165) is 24.1 Å². The van der Waals surface area contributed by atoms with Gasteiger partial charge in [0, 0.05) is 11.6 Å². The molecule has 2 N–H and O–H groups in total. The van der Waals surface area contributed by atoms with Crippen molar-refractivity contribution < 1.29 is 9.53 Å². The molecular weight excluding hydrogens is 228 g/mol. The van der Waals surface area contributed by atoms with Crippen molar-refractivity contribution in [2.45, 2.75) is 12.8 Å². The van der Waals surface area contributed by atoms with Gasteiger partial charge in [-0.1, -0.05) is 11.6 Å². The Morgan fingerprint density at radius 1 is 1.56 bits per heavy atom. The molecule has 5 heteroatoms. The molecule has 16 heavy (non-hydrogen) atoms. The van der Waals surface area contributed by atoms with Gasteiger partial charge in [-0.3, -0.25) is 4.90 Å². The number of fused-ring (bicyclic) bond motifs is 1. The van der Waals surface area contributed by atoms with Crippen molar-refractivity contribution in [2.24, 2.45) is 0 Å². The Hall–Kier alpha value is -1.42. The van der Waals surface area contributed by atoms with Gasteiger partial charge in [0.1, 0.15) is 0 Å². The van der Waals surface area contributed by atoms with Gasteiger partial charge in [-0.2, -0.15) is 0 Å². The minimum absolute atomic E-state index is 0.380. The summed E-state index contributed by atoms with van der Waals surface area (Å²) in [5.41, 5.74) is 8.15. The van der Waals surface area contributed by atoms with E-state index < -0.39 is 0 Å². The lowest BCUT2D eigenvalue weighted by Crippen LogP contribution is -2.36. The molecule has 0 fully saturated rings. The summed E-state index contributed by atoms with van der Waals surface area (Å²) in [5, 5.41) is 0.600. The maximum Gasteiger partial charge on any atom is 0.414 e. The van der Waals surface area contributed by atoms with Gasteiger partial charge in [-0.25, -0.2) is 4.79 Å². The first kappa shape index (κ1) is 11.1. The summed E-state index contributed by atoms with van der Waals surface area (Å²) in [6.45, 7) is 0.630. The number of nitrogen functional groups attached to an aromatic ring is 1. The van der Waals surface area contributed by atoms with Crippen LogP contribution in [-0.4, -0.2) is 19.7 Å². The third-order valence-corrected chi connectivity index (χ3v) is 2.89. The summed E-state index contributed by atoms with van der Waals surface area (Å²) in [6.07, 6.45) is 1.39. The Balaban J connectivity index is 2.49. The molecule has 4 nitrogen and oxygen atoms in total. The van der Waals surface area contributed by atoms with E-state index in [2.05, 4.69) is 0 Å². The number of hydrogen-bond donors (Lipinski definition) is 1. The van der Waals surface area contributed by atoms with Crippen LogP contribution in [0, 0.1) is 0 Å². The quantitative estimate of drug-likeness (QED) is 0.709. The first-order valence-corrected chi connectivity index (χ1v) is 5.44. The van der Waals surface area contributed by atoms with Gasteiger partial charge in [0.2, 0.25) is 0 Å². The maximum absolute atomic E-state index is 11.6. The normalized spacial score (nSPS) is 14.5. The molecule has 0 bridgehead atoms. The molecule has 1 amide bonds. The van der Waals surface area contributed by atoms with E-state index >= 15 is 0 Å². The van der Waals surface area contributed by atoms with Crippen LogP contribution in [0.5, 0.6) is 0 Å². The monoisotopic (exact) mass is 240 g/mol. The third-order valence-electron chi connectivity index (χ3n) is 2.68. The van der Waals surface area contributed by atoms with Gasteiger partial charge in [0.25, 0.3) is 0 Å². The van der Waals surface area contributed by atoms with Crippen LogP contribution >= 0.6 is 11.6 Å². The number of nitrogens with two attached hydrogens (primary N) is 1. The first-order chi connectivity index (χ1) is 7.63. The van der Waals surface area contributed by atoms with E-state index in [-0.39, 0.29) is 6.09 Å². The van der Waals surface area contributed by atoms with Crippen molar-refractivity contribution >= 4 is 29.1 Å². The number of hydrogen-bond acceptors (Lipinski definition) is 3. The molecule has 0 radical (unpaired) electrons. The fourth-order valence-electron chi connectivity index (χ4n) is 2.03. The molecule has 1 aromatic rings. The molecule has 2 rings (SSSR count). The molecule has 0 saturated carbocycles. The minimum Gasteiger partial charge on any atom is -0.452 e. The van der Waals surface area contributed by atoms with Crippen LogP contribution in [0.4, 0.5) is 16.2 Å². The Morgan fingerprint density at radius 2 is 2.31 bits per heavy atom. The second-order valence-electron chi connectivity index (χ2n) is 3.73. The lowest BCUT2D eigenvalue weighted by atomic mass is 10.0. The van der Waals surface area contributed by atoms with Gasteiger partial charge in [-0.05, 0) is 30.5 Å². The Labute approximate surface area is 98.9 Å². The predicted molar refractivity (Wildman–Crippen MR) is 63.9 cm³/mol. The first-order valence-electron chi connectivity index (χ1n) is 5.07. The number of benzene rings is 1. The largest absolute Gasteiger partial charge is 0.452 e. The fourth-order valence-corrected chi connectivity index (χ4v) is 2.28. The van der Waals surface area contributed by atoms with Crippen LogP contribution in [-0.2, 0) is 11.2 Å². The van der Waals surface area contributed by atoms with E-state index in [1.54, 1.807) is 11.0 Å². The number of ether oxygens (including phenoxy) is 1. The predicted octanol–water partition coefficient (Wildman–Crippen LogP) is 2.44. The summed E-state index contributed by atoms with van der Waals surface area (Å²) >= 11 is 5.93. The van der Waals surface area contributed by atoms with Gasteiger partial charge in [0.15, 0.2) is 0 Å². The molecule has 1 aromatic carbocycles. The smallest absolute Gasteiger partial charge is 0.414 e. The Bertz CT molecular complexity index is 434. The fraction of sp³-hybridized carbons (Fsp3) is 0.364. The average molecular weight is 241 g/mol. The molecule has 0 aliphatic carbocycles. The van der Waals surface area contributed by atoms with Crippen molar-refractivity contribution in [1.29, 1.82) is 0 Å². The number of nitrogens with zero attached hydrogens (tertiary/aromatic N) is 1. The summed E-state index contributed by atoms with van der Waals surface area (Å²) in [5.74, 6) is 0. The summed E-state index contributed by atoms with van der Waals surface area (Å²) in [7, 11) is 1.36. The molecular formula is C11H13ClN2O2. The van der Waals surface area contributed by atoms with E-state index in [1.807, 2.05) is 6.07 Å². The zero-order chi connectivity index (χ0) is 11.7. The standard InChI is InChI=1S/C11H13ClN2O2/c1-16-11(15)14-4-2-3-7-5-8(12)6-9(13)10(7)14/h5-6H,2-4,13H2,1H3. The van der Waals surface area contributed by atoms with Crippen LogP contribution in [0.2, 0.25) is 5.02 Å². The van der Waals surface area contributed by atoms with Crippen LogP contribution in [0.3, 0.4) is 0 Å². The zero-order valence-corrected chi connectivity index (χ0v) is 9.75. The Kier molecular flexibility index (Phi) is 2.92. The van der Waals surface area contributed by atoms with Crippen LogP contribution in [0.25, 0.3) is 0 Å². The number of halogens is 1. The van der Waals surface area contributed by atoms with Crippen LogP contribution < -0.4 is 10.6 Å². The molecule has 0 saturated heterocycles. The second-order valence-corrected chi connectivity index (χ2v) is 4.16. The van der Waals surface area contributed by atoms with E-state index in [9.17, 15) is 4.79 Å². The number of carbonyl (C=O) groups excluding carboxylic acids is 1.